The molecule has 1 atom stereocenters. The number of hydrogen-bond donors (Lipinski definition) is 1. The Bertz CT molecular complexity index is 349. The van der Waals surface area contributed by atoms with E-state index in [0.29, 0.717) is 13.1 Å². The first-order valence-electron chi connectivity index (χ1n) is 6.75. The van der Waals surface area contributed by atoms with Crippen molar-refractivity contribution < 1.29 is 18.0 Å². The maximum absolute atomic E-state index is 13.3. The SMILES string of the molecule is CC1(C)CCN(C(=O)C2(C(F)(F)F)CCNC2)CC1. The zero-order valence-electron chi connectivity index (χ0n) is 11.4. The van der Waals surface area contributed by atoms with Crippen LogP contribution in [-0.4, -0.2) is 43.2 Å². The summed E-state index contributed by atoms with van der Waals surface area (Å²) in [7, 11) is 0. The molecule has 2 aliphatic rings. The molecule has 1 amide bonds. The Labute approximate surface area is 111 Å². The third-order valence-corrected chi connectivity index (χ3v) is 4.51. The van der Waals surface area contributed by atoms with Gasteiger partial charge in [-0.1, -0.05) is 13.8 Å². The van der Waals surface area contributed by atoms with Crippen molar-refractivity contribution in [1.82, 2.24) is 10.2 Å². The Morgan fingerprint density at radius 1 is 1.16 bits per heavy atom. The highest BCUT2D eigenvalue weighted by atomic mass is 19.4. The number of likely N-dealkylation sites (tertiary alicyclic amines) is 1. The zero-order chi connectivity index (χ0) is 14.3. The van der Waals surface area contributed by atoms with Gasteiger partial charge in [0.1, 0.15) is 0 Å². The third kappa shape index (κ3) is 2.59. The fourth-order valence-electron chi connectivity index (χ4n) is 2.86. The van der Waals surface area contributed by atoms with E-state index >= 15 is 0 Å². The number of hydrogen-bond acceptors (Lipinski definition) is 2. The average Bonchev–Trinajstić information content (AvgIpc) is 2.77. The van der Waals surface area contributed by atoms with E-state index in [2.05, 4.69) is 19.2 Å². The second kappa shape index (κ2) is 4.65. The standard InChI is InChI=1S/C13H21F3N2O/c1-11(2)4-7-18(8-5-11)10(19)12(13(14,15)16)3-6-17-9-12/h17H,3-9H2,1-2H3. The lowest BCUT2D eigenvalue weighted by molar-refractivity contribution is -0.222. The lowest BCUT2D eigenvalue weighted by atomic mass is 9.80. The second-order valence-corrected chi connectivity index (χ2v) is 6.46. The molecule has 1 unspecified atom stereocenters. The summed E-state index contributed by atoms with van der Waals surface area (Å²) >= 11 is 0. The molecule has 0 aromatic carbocycles. The van der Waals surface area contributed by atoms with Crippen molar-refractivity contribution in [3.63, 3.8) is 0 Å². The summed E-state index contributed by atoms with van der Waals surface area (Å²) in [5, 5.41) is 2.69. The van der Waals surface area contributed by atoms with Crippen molar-refractivity contribution in [3.05, 3.63) is 0 Å². The average molecular weight is 278 g/mol. The molecule has 0 radical (unpaired) electrons. The van der Waals surface area contributed by atoms with E-state index in [1.165, 1.54) is 4.90 Å². The lowest BCUT2D eigenvalue weighted by Gasteiger charge is -2.41. The predicted molar refractivity (Wildman–Crippen MR) is 65.6 cm³/mol. The highest BCUT2D eigenvalue weighted by Crippen LogP contribution is 2.45. The number of amides is 1. The van der Waals surface area contributed by atoms with Crippen LogP contribution in [0, 0.1) is 10.8 Å². The number of carbonyl (C=O) groups excluding carboxylic acids is 1. The Hall–Kier alpha value is -0.780. The fraction of sp³-hybridized carbons (Fsp3) is 0.923. The van der Waals surface area contributed by atoms with Crippen LogP contribution in [0.3, 0.4) is 0 Å². The summed E-state index contributed by atoms with van der Waals surface area (Å²) in [6.07, 6.45) is -3.09. The molecule has 0 aliphatic carbocycles. The minimum atomic E-state index is -4.47. The van der Waals surface area contributed by atoms with Gasteiger partial charge in [0.2, 0.25) is 5.91 Å². The number of nitrogens with zero attached hydrogens (tertiary/aromatic N) is 1. The molecule has 3 nitrogen and oxygen atoms in total. The smallest absolute Gasteiger partial charge is 0.342 e. The monoisotopic (exact) mass is 278 g/mol. The molecule has 6 heteroatoms. The summed E-state index contributed by atoms with van der Waals surface area (Å²) in [4.78, 5) is 13.8. The van der Waals surface area contributed by atoms with Crippen LogP contribution in [0.2, 0.25) is 0 Å². The van der Waals surface area contributed by atoms with Crippen LogP contribution in [0.25, 0.3) is 0 Å². The second-order valence-electron chi connectivity index (χ2n) is 6.46. The van der Waals surface area contributed by atoms with Gasteiger partial charge in [0.25, 0.3) is 0 Å². The topological polar surface area (TPSA) is 32.3 Å². The van der Waals surface area contributed by atoms with Crippen molar-refractivity contribution >= 4 is 5.91 Å². The van der Waals surface area contributed by atoms with Gasteiger partial charge in [-0.25, -0.2) is 0 Å². The van der Waals surface area contributed by atoms with E-state index < -0.39 is 17.5 Å². The van der Waals surface area contributed by atoms with Crippen LogP contribution in [0.5, 0.6) is 0 Å². The van der Waals surface area contributed by atoms with Crippen molar-refractivity contribution in [2.45, 2.75) is 39.3 Å². The van der Waals surface area contributed by atoms with Gasteiger partial charge < -0.3 is 10.2 Å². The van der Waals surface area contributed by atoms with Crippen LogP contribution >= 0.6 is 0 Å². The first-order chi connectivity index (χ1) is 8.68. The number of carbonyl (C=O) groups is 1. The maximum Gasteiger partial charge on any atom is 0.404 e. The van der Waals surface area contributed by atoms with Crippen LogP contribution in [-0.2, 0) is 4.79 Å². The number of nitrogens with one attached hydrogen (secondary N) is 1. The highest BCUT2D eigenvalue weighted by Gasteiger charge is 2.62. The van der Waals surface area contributed by atoms with E-state index in [1.807, 2.05) is 0 Å². The van der Waals surface area contributed by atoms with Crippen molar-refractivity contribution in [3.8, 4) is 0 Å². The summed E-state index contributed by atoms with van der Waals surface area (Å²) < 4.78 is 39.9. The van der Waals surface area contributed by atoms with Gasteiger partial charge in [-0.2, -0.15) is 13.2 Å². The van der Waals surface area contributed by atoms with Gasteiger partial charge in [-0.05, 0) is 31.2 Å². The Kier molecular flexibility index (Phi) is 3.58. The minimum Gasteiger partial charge on any atom is -0.342 e. The molecule has 19 heavy (non-hydrogen) atoms. The van der Waals surface area contributed by atoms with E-state index in [0.717, 1.165) is 12.8 Å². The van der Waals surface area contributed by atoms with Gasteiger partial charge >= 0.3 is 6.18 Å². The molecule has 2 aliphatic heterocycles. The lowest BCUT2D eigenvalue weighted by Crippen LogP contribution is -2.55. The molecule has 2 heterocycles. The number of alkyl halides is 3. The Morgan fingerprint density at radius 3 is 2.16 bits per heavy atom. The normalized spacial score (nSPS) is 31.5. The van der Waals surface area contributed by atoms with Gasteiger partial charge in [-0.15, -0.1) is 0 Å². The molecule has 1 N–H and O–H groups in total. The fourth-order valence-corrected chi connectivity index (χ4v) is 2.86. The molecule has 2 saturated heterocycles. The number of rotatable bonds is 1. The van der Waals surface area contributed by atoms with Crippen LogP contribution < -0.4 is 5.32 Å². The molecule has 0 bridgehead atoms. The summed E-state index contributed by atoms with van der Waals surface area (Å²) in [5.74, 6) is -0.736. The number of halogens is 3. The van der Waals surface area contributed by atoms with Crippen LogP contribution in [0.15, 0.2) is 0 Å². The van der Waals surface area contributed by atoms with E-state index in [1.54, 1.807) is 0 Å². The number of piperidine rings is 1. The Balaban J connectivity index is 2.14. The molecule has 2 rings (SSSR count). The van der Waals surface area contributed by atoms with Crippen LogP contribution in [0.4, 0.5) is 13.2 Å². The zero-order valence-corrected chi connectivity index (χ0v) is 11.4. The minimum absolute atomic E-state index is 0.121. The van der Waals surface area contributed by atoms with Gasteiger partial charge in [0.05, 0.1) is 0 Å². The van der Waals surface area contributed by atoms with Gasteiger partial charge in [0.15, 0.2) is 5.41 Å². The van der Waals surface area contributed by atoms with E-state index in [-0.39, 0.29) is 24.9 Å². The Morgan fingerprint density at radius 2 is 1.74 bits per heavy atom. The molecule has 110 valence electrons. The third-order valence-electron chi connectivity index (χ3n) is 4.51. The molecular formula is C13H21F3N2O. The van der Waals surface area contributed by atoms with E-state index in [9.17, 15) is 18.0 Å². The summed E-state index contributed by atoms with van der Waals surface area (Å²) in [6.45, 7) is 5.02. The van der Waals surface area contributed by atoms with E-state index in [4.69, 9.17) is 0 Å². The predicted octanol–water partition coefficient (Wildman–Crippen LogP) is 2.18. The first-order valence-corrected chi connectivity index (χ1v) is 6.75. The molecule has 0 aromatic heterocycles. The van der Waals surface area contributed by atoms with Crippen molar-refractivity contribution in [2.75, 3.05) is 26.2 Å². The molecule has 0 aromatic rings. The highest BCUT2D eigenvalue weighted by molar-refractivity contribution is 5.84. The summed E-state index contributed by atoms with van der Waals surface area (Å²) in [5.41, 5.74) is -2.08. The molecule has 0 spiro atoms. The van der Waals surface area contributed by atoms with Crippen molar-refractivity contribution in [2.24, 2.45) is 10.8 Å². The van der Waals surface area contributed by atoms with Crippen molar-refractivity contribution in [1.29, 1.82) is 0 Å². The van der Waals surface area contributed by atoms with Gasteiger partial charge in [-0.3, -0.25) is 4.79 Å². The molecular weight excluding hydrogens is 257 g/mol. The maximum atomic E-state index is 13.3. The van der Waals surface area contributed by atoms with Gasteiger partial charge in [0, 0.05) is 19.6 Å². The molecule has 0 saturated carbocycles. The first kappa shape index (κ1) is 14.6. The molecule has 2 fully saturated rings. The summed E-state index contributed by atoms with van der Waals surface area (Å²) in [6, 6.07) is 0. The quantitative estimate of drug-likeness (QED) is 0.797. The van der Waals surface area contributed by atoms with Crippen LogP contribution in [0.1, 0.15) is 33.1 Å². The largest absolute Gasteiger partial charge is 0.404 e.